The highest BCUT2D eigenvalue weighted by Gasteiger charge is 2.17. The first-order valence-electron chi connectivity index (χ1n) is 3.09. The zero-order valence-corrected chi connectivity index (χ0v) is 5.82. The lowest BCUT2D eigenvalue weighted by atomic mass is 10.2. The largest absolute Gasteiger partial charge is 0.248 e. The van der Waals surface area contributed by atoms with Crippen LogP contribution in [0.5, 0.6) is 0 Å². The normalized spacial score (nSPS) is 12.9. The van der Waals surface area contributed by atoms with E-state index in [4.69, 9.17) is 0 Å². The first kappa shape index (κ1) is 8.60. The number of hydrogen-bond acceptors (Lipinski definition) is 0. The predicted molar refractivity (Wildman–Crippen MR) is 34.7 cm³/mol. The van der Waals surface area contributed by atoms with Crippen LogP contribution in [-0.2, 0) is 0 Å². The molecule has 0 aromatic carbocycles. The van der Waals surface area contributed by atoms with Crippen molar-refractivity contribution < 1.29 is 8.78 Å². The van der Waals surface area contributed by atoms with Crippen molar-refractivity contribution in [3.05, 3.63) is 12.2 Å². The highest BCUT2D eigenvalue weighted by molar-refractivity contribution is 4.84. The third-order valence-electron chi connectivity index (χ3n) is 0.879. The number of halogens is 2. The maximum atomic E-state index is 12.0. The van der Waals surface area contributed by atoms with Crippen LogP contribution in [0.15, 0.2) is 12.2 Å². The molecule has 0 nitrogen and oxygen atoms in total. The van der Waals surface area contributed by atoms with Crippen LogP contribution in [0, 0.1) is 0 Å². The van der Waals surface area contributed by atoms with Crippen LogP contribution in [-0.4, -0.2) is 5.92 Å². The van der Waals surface area contributed by atoms with Crippen LogP contribution >= 0.6 is 0 Å². The van der Waals surface area contributed by atoms with Gasteiger partial charge in [-0.25, -0.2) is 8.78 Å². The average molecular weight is 134 g/mol. The van der Waals surface area contributed by atoms with Crippen molar-refractivity contribution in [2.75, 3.05) is 0 Å². The minimum Gasteiger partial charge on any atom is -0.207 e. The summed E-state index contributed by atoms with van der Waals surface area (Å²) >= 11 is 0. The molecule has 0 unspecified atom stereocenters. The standard InChI is InChI=1S/C7H12F2/c1-3-4-5-6-7(2,8)9/h4-5H,3,6H2,1-2H3. The van der Waals surface area contributed by atoms with Crippen LogP contribution in [0.4, 0.5) is 8.78 Å². The van der Waals surface area contributed by atoms with Gasteiger partial charge in [-0.05, 0) is 13.3 Å². The van der Waals surface area contributed by atoms with E-state index in [0.717, 1.165) is 13.3 Å². The molecule has 0 amide bonds. The Hall–Kier alpha value is -0.400. The molecule has 0 aliphatic carbocycles. The molecule has 2 heteroatoms. The van der Waals surface area contributed by atoms with E-state index < -0.39 is 5.92 Å². The molecule has 0 heterocycles. The molecule has 0 fully saturated rings. The molecule has 0 aromatic heterocycles. The smallest absolute Gasteiger partial charge is 0.207 e. The molecule has 9 heavy (non-hydrogen) atoms. The summed E-state index contributed by atoms with van der Waals surface area (Å²) in [5.74, 6) is -2.54. The average Bonchev–Trinajstić information content (AvgIpc) is 1.63. The minimum absolute atomic E-state index is 0.138. The van der Waals surface area contributed by atoms with Gasteiger partial charge in [-0.3, -0.25) is 0 Å². The number of allylic oxidation sites excluding steroid dienone is 2. The van der Waals surface area contributed by atoms with Gasteiger partial charge in [0.15, 0.2) is 0 Å². The van der Waals surface area contributed by atoms with Gasteiger partial charge in [-0.15, -0.1) is 0 Å². The molecule has 0 radical (unpaired) electrons. The summed E-state index contributed by atoms with van der Waals surface area (Å²) in [6, 6.07) is 0. The second-order valence-corrected chi connectivity index (χ2v) is 2.15. The number of alkyl halides is 2. The van der Waals surface area contributed by atoms with Gasteiger partial charge in [0.2, 0.25) is 5.92 Å². The van der Waals surface area contributed by atoms with Gasteiger partial charge in [0.25, 0.3) is 0 Å². The predicted octanol–water partition coefficient (Wildman–Crippen LogP) is 3.00. The fraction of sp³-hybridized carbons (Fsp3) is 0.714. The lowest BCUT2D eigenvalue weighted by Gasteiger charge is -2.04. The van der Waals surface area contributed by atoms with Gasteiger partial charge in [-0.1, -0.05) is 19.1 Å². The zero-order chi connectivity index (χ0) is 7.33. The molecule has 0 aliphatic rings. The van der Waals surface area contributed by atoms with Gasteiger partial charge in [0.05, 0.1) is 0 Å². The molecule has 54 valence electrons. The third kappa shape index (κ3) is 7.60. The minimum atomic E-state index is -2.54. The summed E-state index contributed by atoms with van der Waals surface area (Å²) in [7, 11) is 0. The Morgan fingerprint density at radius 1 is 1.33 bits per heavy atom. The monoisotopic (exact) mass is 134 g/mol. The van der Waals surface area contributed by atoms with Crippen molar-refractivity contribution >= 4 is 0 Å². The summed E-state index contributed by atoms with van der Waals surface area (Å²) in [6.45, 7) is 2.84. The molecule has 0 rings (SSSR count). The van der Waals surface area contributed by atoms with Gasteiger partial charge in [0, 0.05) is 6.42 Å². The highest BCUT2D eigenvalue weighted by atomic mass is 19.3. The van der Waals surface area contributed by atoms with E-state index in [9.17, 15) is 8.78 Å². The Morgan fingerprint density at radius 3 is 2.22 bits per heavy atom. The van der Waals surface area contributed by atoms with E-state index >= 15 is 0 Å². The summed E-state index contributed by atoms with van der Waals surface area (Å²) in [4.78, 5) is 0. The van der Waals surface area contributed by atoms with Gasteiger partial charge < -0.3 is 0 Å². The van der Waals surface area contributed by atoms with Crippen molar-refractivity contribution in [1.82, 2.24) is 0 Å². The number of hydrogen-bond donors (Lipinski definition) is 0. The fourth-order valence-corrected chi connectivity index (χ4v) is 0.457. The molecule has 0 bridgehead atoms. The van der Waals surface area contributed by atoms with Gasteiger partial charge in [0.1, 0.15) is 0 Å². The Kier molecular flexibility index (Phi) is 3.43. The van der Waals surface area contributed by atoms with Gasteiger partial charge >= 0.3 is 0 Å². The molecule has 0 aromatic rings. The van der Waals surface area contributed by atoms with Crippen molar-refractivity contribution in [3.63, 3.8) is 0 Å². The van der Waals surface area contributed by atoms with E-state index in [1.54, 1.807) is 6.08 Å². The van der Waals surface area contributed by atoms with E-state index in [-0.39, 0.29) is 6.42 Å². The quantitative estimate of drug-likeness (QED) is 0.520. The third-order valence-corrected chi connectivity index (χ3v) is 0.879. The molecule has 0 saturated carbocycles. The van der Waals surface area contributed by atoms with Gasteiger partial charge in [-0.2, -0.15) is 0 Å². The van der Waals surface area contributed by atoms with E-state index in [2.05, 4.69) is 0 Å². The molecule has 0 spiro atoms. The lowest BCUT2D eigenvalue weighted by Crippen LogP contribution is -2.06. The first-order valence-corrected chi connectivity index (χ1v) is 3.09. The van der Waals surface area contributed by atoms with Crippen LogP contribution in [0.2, 0.25) is 0 Å². The molecule has 0 saturated heterocycles. The highest BCUT2D eigenvalue weighted by Crippen LogP contribution is 2.16. The Morgan fingerprint density at radius 2 is 1.89 bits per heavy atom. The Balaban J connectivity index is 3.38. The molecule has 0 atom stereocenters. The molecule has 0 aliphatic heterocycles. The van der Waals surface area contributed by atoms with E-state index in [0.29, 0.717) is 0 Å². The maximum absolute atomic E-state index is 12.0. The van der Waals surface area contributed by atoms with Crippen LogP contribution < -0.4 is 0 Å². The summed E-state index contributed by atoms with van der Waals surface area (Å²) < 4.78 is 24.0. The fourth-order valence-electron chi connectivity index (χ4n) is 0.457. The summed E-state index contributed by atoms with van der Waals surface area (Å²) in [6.07, 6.45) is 3.95. The van der Waals surface area contributed by atoms with Crippen molar-refractivity contribution in [2.24, 2.45) is 0 Å². The Bertz CT molecular complexity index is 89.6. The summed E-state index contributed by atoms with van der Waals surface area (Å²) in [5.41, 5.74) is 0. The zero-order valence-electron chi connectivity index (χ0n) is 5.82. The summed E-state index contributed by atoms with van der Waals surface area (Å²) in [5, 5.41) is 0. The van der Waals surface area contributed by atoms with E-state index in [1.165, 1.54) is 6.08 Å². The van der Waals surface area contributed by atoms with Crippen molar-refractivity contribution in [1.29, 1.82) is 0 Å². The number of rotatable bonds is 3. The van der Waals surface area contributed by atoms with Crippen LogP contribution in [0.1, 0.15) is 26.7 Å². The van der Waals surface area contributed by atoms with Crippen molar-refractivity contribution in [3.8, 4) is 0 Å². The SMILES string of the molecule is CCC=CCC(C)(F)F. The second-order valence-electron chi connectivity index (χ2n) is 2.15. The van der Waals surface area contributed by atoms with E-state index in [1.807, 2.05) is 6.92 Å². The molecule has 0 N–H and O–H groups in total. The Labute approximate surface area is 54.6 Å². The van der Waals surface area contributed by atoms with Crippen LogP contribution in [0.25, 0.3) is 0 Å². The second kappa shape index (κ2) is 3.59. The topological polar surface area (TPSA) is 0 Å². The first-order chi connectivity index (χ1) is 4.06. The van der Waals surface area contributed by atoms with Crippen LogP contribution in [0.3, 0.4) is 0 Å². The molecular weight excluding hydrogens is 122 g/mol. The lowest BCUT2D eigenvalue weighted by molar-refractivity contribution is 0.0254. The molecular formula is C7H12F2. The van der Waals surface area contributed by atoms with Crippen molar-refractivity contribution in [2.45, 2.75) is 32.6 Å². The maximum Gasteiger partial charge on any atom is 0.248 e.